The van der Waals surface area contributed by atoms with E-state index in [1.165, 1.54) is 17.3 Å². The van der Waals surface area contributed by atoms with Crippen molar-refractivity contribution in [2.45, 2.75) is 25.3 Å². The molecule has 100 valence electrons. The van der Waals surface area contributed by atoms with Gasteiger partial charge in [-0.05, 0) is 30.4 Å². The Labute approximate surface area is 117 Å². The van der Waals surface area contributed by atoms with Gasteiger partial charge >= 0.3 is 0 Å². The van der Waals surface area contributed by atoms with Crippen molar-refractivity contribution in [2.24, 2.45) is 0 Å². The number of nitrogens with zero attached hydrogens (tertiary/aromatic N) is 3. The summed E-state index contributed by atoms with van der Waals surface area (Å²) in [6.07, 6.45) is 4.75. The van der Waals surface area contributed by atoms with Crippen LogP contribution < -0.4 is 11.1 Å². The normalized spacial score (nSPS) is 17.1. The topological polar surface area (TPSA) is 87.6 Å². The van der Waals surface area contributed by atoms with Gasteiger partial charge in [0.15, 0.2) is 0 Å². The predicted molar refractivity (Wildman–Crippen MR) is 76.9 cm³/mol. The molecule has 0 aliphatic heterocycles. The highest BCUT2D eigenvalue weighted by Crippen LogP contribution is 2.31. The van der Waals surface area contributed by atoms with Crippen LogP contribution in [0.3, 0.4) is 0 Å². The molecule has 1 aromatic carbocycles. The zero-order valence-electron chi connectivity index (χ0n) is 11.0. The second-order valence-electron chi connectivity index (χ2n) is 4.89. The van der Waals surface area contributed by atoms with Crippen molar-refractivity contribution in [1.29, 1.82) is 5.26 Å². The molecule has 1 aliphatic rings. The van der Waals surface area contributed by atoms with Crippen LogP contribution in [-0.2, 0) is 6.42 Å². The number of hydrogen-bond acceptors (Lipinski definition) is 5. The Morgan fingerprint density at radius 1 is 1.35 bits per heavy atom. The number of nitrogens with two attached hydrogens (primary N) is 1. The van der Waals surface area contributed by atoms with Crippen LogP contribution in [0.4, 0.5) is 11.8 Å². The van der Waals surface area contributed by atoms with Gasteiger partial charge in [0.2, 0.25) is 5.95 Å². The lowest BCUT2D eigenvalue weighted by Crippen LogP contribution is -2.19. The van der Waals surface area contributed by atoms with Gasteiger partial charge in [-0.25, -0.2) is 4.98 Å². The zero-order valence-corrected chi connectivity index (χ0v) is 11.0. The molecular weight excluding hydrogens is 250 g/mol. The van der Waals surface area contributed by atoms with E-state index < -0.39 is 0 Å². The average Bonchev–Trinajstić information content (AvgIpc) is 2.48. The summed E-state index contributed by atoms with van der Waals surface area (Å²) in [6.45, 7) is 0. The number of nitrogens with one attached hydrogen (secondary N) is 1. The monoisotopic (exact) mass is 265 g/mol. The number of aromatic nitrogens is 2. The number of nitriles is 1. The van der Waals surface area contributed by atoms with E-state index in [1.54, 1.807) is 0 Å². The van der Waals surface area contributed by atoms with Gasteiger partial charge in [-0.3, -0.25) is 0 Å². The molecule has 1 aromatic heterocycles. The molecule has 2 aromatic rings. The summed E-state index contributed by atoms with van der Waals surface area (Å²) >= 11 is 0. The molecule has 5 nitrogen and oxygen atoms in total. The second-order valence-corrected chi connectivity index (χ2v) is 4.89. The van der Waals surface area contributed by atoms with Gasteiger partial charge in [0.1, 0.15) is 17.5 Å². The molecule has 0 amide bonds. The van der Waals surface area contributed by atoms with E-state index in [0.29, 0.717) is 11.5 Å². The summed E-state index contributed by atoms with van der Waals surface area (Å²) in [5, 5.41) is 12.1. The quantitative estimate of drug-likeness (QED) is 0.870. The summed E-state index contributed by atoms with van der Waals surface area (Å²) in [6, 6.07) is 10.6. The van der Waals surface area contributed by atoms with Crippen molar-refractivity contribution in [3.8, 4) is 6.07 Å². The maximum Gasteiger partial charge on any atom is 0.225 e. The Hall–Kier alpha value is -2.61. The summed E-state index contributed by atoms with van der Waals surface area (Å²) < 4.78 is 0. The fourth-order valence-electron chi connectivity index (χ4n) is 2.61. The molecule has 3 rings (SSSR count). The molecule has 1 aliphatic carbocycles. The first-order chi connectivity index (χ1) is 9.78. The minimum absolute atomic E-state index is 0.201. The first-order valence-electron chi connectivity index (χ1n) is 6.65. The van der Waals surface area contributed by atoms with Gasteiger partial charge in [-0.1, -0.05) is 24.3 Å². The van der Waals surface area contributed by atoms with E-state index in [1.807, 2.05) is 12.1 Å². The van der Waals surface area contributed by atoms with Crippen molar-refractivity contribution < 1.29 is 0 Å². The highest BCUT2D eigenvalue weighted by molar-refractivity contribution is 5.50. The van der Waals surface area contributed by atoms with Gasteiger partial charge in [0.25, 0.3) is 0 Å². The molecule has 5 heteroatoms. The van der Waals surface area contributed by atoms with E-state index >= 15 is 0 Å². The molecule has 0 radical (unpaired) electrons. The Balaban J connectivity index is 1.86. The molecule has 1 atom stereocenters. The Morgan fingerprint density at radius 3 is 3.00 bits per heavy atom. The maximum atomic E-state index is 8.83. The molecule has 0 saturated carbocycles. The minimum Gasteiger partial charge on any atom is -0.382 e. The molecule has 0 saturated heterocycles. The first-order valence-corrected chi connectivity index (χ1v) is 6.65. The molecule has 0 fully saturated rings. The third-order valence-corrected chi connectivity index (χ3v) is 3.61. The standard InChI is InChI=1S/C15H15N5/c16-8-11-9-18-15(20-14(11)17)19-13-7-3-5-10-4-1-2-6-12(10)13/h1-2,4,6,9,13H,3,5,7H2,(H3,17,18,19,20)/t13-/m1/s1. The fourth-order valence-corrected chi connectivity index (χ4v) is 2.61. The number of rotatable bonds is 2. The number of aryl methyl sites for hydroxylation is 1. The third kappa shape index (κ3) is 2.28. The number of hydrogen-bond donors (Lipinski definition) is 2. The van der Waals surface area contributed by atoms with Gasteiger partial charge in [0.05, 0.1) is 12.2 Å². The van der Waals surface area contributed by atoms with Gasteiger partial charge in [-0.2, -0.15) is 10.2 Å². The van der Waals surface area contributed by atoms with Gasteiger partial charge in [0, 0.05) is 0 Å². The Kier molecular flexibility index (Phi) is 3.21. The second kappa shape index (κ2) is 5.17. The van der Waals surface area contributed by atoms with E-state index in [2.05, 4.69) is 33.5 Å². The van der Waals surface area contributed by atoms with Crippen molar-refractivity contribution in [3.05, 3.63) is 47.2 Å². The molecule has 20 heavy (non-hydrogen) atoms. The van der Waals surface area contributed by atoms with Crippen LogP contribution in [0, 0.1) is 11.3 Å². The lowest BCUT2D eigenvalue weighted by molar-refractivity contribution is 0.596. The minimum atomic E-state index is 0.201. The predicted octanol–water partition coefficient (Wildman–Crippen LogP) is 2.42. The molecule has 0 spiro atoms. The Bertz CT molecular complexity index is 674. The van der Waals surface area contributed by atoms with Crippen LogP contribution in [0.15, 0.2) is 30.5 Å². The van der Waals surface area contributed by atoms with Crippen LogP contribution in [0.5, 0.6) is 0 Å². The van der Waals surface area contributed by atoms with Crippen molar-refractivity contribution in [2.75, 3.05) is 11.1 Å². The zero-order chi connectivity index (χ0) is 13.9. The summed E-state index contributed by atoms with van der Waals surface area (Å²) in [5.74, 6) is 0.692. The van der Waals surface area contributed by atoms with Crippen molar-refractivity contribution >= 4 is 11.8 Å². The summed E-state index contributed by atoms with van der Waals surface area (Å²) in [7, 11) is 0. The summed E-state index contributed by atoms with van der Waals surface area (Å²) in [5.41, 5.74) is 8.69. The van der Waals surface area contributed by atoms with Crippen LogP contribution in [0.2, 0.25) is 0 Å². The van der Waals surface area contributed by atoms with Gasteiger partial charge in [-0.15, -0.1) is 0 Å². The lowest BCUT2D eigenvalue weighted by Gasteiger charge is -2.26. The number of anilines is 2. The average molecular weight is 265 g/mol. The largest absolute Gasteiger partial charge is 0.382 e. The number of nitrogen functional groups attached to an aromatic ring is 1. The van der Waals surface area contributed by atoms with Crippen molar-refractivity contribution in [3.63, 3.8) is 0 Å². The van der Waals surface area contributed by atoms with Crippen LogP contribution >= 0.6 is 0 Å². The Morgan fingerprint density at radius 2 is 2.20 bits per heavy atom. The van der Waals surface area contributed by atoms with Crippen molar-refractivity contribution in [1.82, 2.24) is 9.97 Å². The van der Waals surface area contributed by atoms with Gasteiger partial charge < -0.3 is 11.1 Å². The van der Waals surface area contributed by atoms with E-state index in [9.17, 15) is 0 Å². The molecule has 1 heterocycles. The number of fused-ring (bicyclic) bond motifs is 1. The highest BCUT2D eigenvalue weighted by atomic mass is 15.1. The van der Waals surface area contributed by atoms with Crippen LogP contribution in [-0.4, -0.2) is 9.97 Å². The van der Waals surface area contributed by atoms with Crippen LogP contribution in [0.1, 0.15) is 35.6 Å². The first kappa shape index (κ1) is 12.4. The van der Waals surface area contributed by atoms with E-state index in [0.717, 1.165) is 19.3 Å². The highest BCUT2D eigenvalue weighted by Gasteiger charge is 2.20. The summed E-state index contributed by atoms with van der Waals surface area (Å²) in [4.78, 5) is 8.30. The molecular formula is C15H15N5. The fraction of sp³-hybridized carbons (Fsp3) is 0.267. The third-order valence-electron chi connectivity index (χ3n) is 3.61. The maximum absolute atomic E-state index is 8.83. The number of benzene rings is 1. The molecule has 0 bridgehead atoms. The van der Waals surface area contributed by atoms with E-state index in [4.69, 9.17) is 11.0 Å². The molecule has 3 N–H and O–H groups in total. The SMILES string of the molecule is N#Cc1cnc(N[C@@H]2CCCc3ccccc32)nc1N. The lowest BCUT2D eigenvalue weighted by atomic mass is 9.88. The van der Waals surface area contributed by atoms with Crippen LogP contribution in [0.25, 0.3) is 0 Å². The molecule has 0 unspecified atom stereocenters. The van der Waals surface area contributed by atoms with E-state index in [-0.39, 0.29) is 11.9 Å². The smallest absolute Gasteiger partial charge is 0.225 e.